The van der Waals surface area contributed by atoms with E-state index in [1.54, 1.807) is 7.11 Å². The van der Waals surface area contributed by atoms with Gasteiger partial charge in [0.1, 0.15) is 5.75 Å². The van der Waals surface area contributed by atoms with Gasteiger partial charge in [0, 0.05) is 5.57 Å². The average Bonchev–Trinajstić information content (AvgIpc) is 2.58. The fourth-order valence-electron chi connectivity index (χ4n) is 1.95. The summed E-state index contributed by atoms with van der Waals surface area (Å²) in [4.78, 5) is 11.9. The molecule has 1 aliphatic carbocycles. The maximum Gasteiger partial charge on any atom is 0.185 e. The maximum atomic E-state index is 11.9. The highest BCUT2D eigenvalue weighted by molar-refractivity contribution is 6.13. The first-order valence-corrected chi connectivity index (χ1v) is 5.67. The van der Waals surface area contributed by atoms with Gasteiger partial charge in [-0.1, -0.05) is 17.7 Å². The summed E-state index contributed by atoms with van der Waals surface area (Å²) in [5.74, 6) is 1.01. The second kappa shape index (κ2) is 4.58. The highest BCUT2D eigenvalue weighted by Crippen LogP contribution is 2.28. The smallest absolute Gasteiger partial charge is 0.185 e. The highest BCUT2D eigenvalue weighted by Gasteiger charge is 2.21. The van der Waals surface area contributed by atoms with Crippen LogP contribution < -0.4 is 4.74 Å². The summed E-state index contributed by atoms with van der Waals surface area (Å²) in [5, 5.41) is 0. The van der Waals surface area contributed by atoms with Crippen LogP contribution >= 0.6 is 0 Å². The highest BCUT2D eigenvalue weighted by atomic mass is 16.5. The molecule has 0 spiro atoms. The van der Waals surface area contributed by atoms with Crippen molar-refractivity contribution in [3.05, 3.63) is 46.5 Å². The van der Waals surface area contributed by atoms with Crippen LogP contribution in [0, 0.1) is 0 Å². The van der Waals surface area contributed by atoms with Crippen LogP contribution in [0.2, 0.25) is 0 Å². The number of hydrogen-bond acceptors (Lipinski definition) is 2. The van der Waals surface area contributed by atoms with Crippen molar-refractivity contribution in [1.82, 2.24) is 0 Å². The maximum absolute atomic E-state index is 11.9. The average molecular weight is 228 g/mol. The molecule has 0 N–H and O–H groups in total. The number of allylic oxidation sites excluding steroid dienone is 3. The molecule has 0 fully saturated rings. The molecule has 88 valence electrons. The minimum atomic E-state index is 0.179. The Labute approximate surface area is 102 Å². The van der Waals surface area contributed by atoms with Crippen LogP contribution in [0.3, 0.4) is 0 Å². The van der Waals surface area contributed by atoms with E-state index < -0.39 is 0 Å². The lowest BCUT2D eigenvalue weighted by atomic mass is 10.1. The van der Waals surface area contributed by atoms with Crippen molar-refractivity contribution in [2.75, 3.05) is 7.11 Å². The van der Waals surface area contributed by atoms with Crippen LogP contribution in [-0.2, 0) is 4.79 Å². The molecule has 0 amide bonds. The quantitative estimate of drug-likeness (QED) is 0.725. The van der Waals surface area contributed by atoms with E-state index in [0.717, 1.165) is 28.9 Å². The van der Waals surface area contributed by atoms with Crippen LogP contribution in [0.4, 0.5) is 0 Å². The number of ketones is 1. The molecule has 17 heavy (non-hydrogen) atoms. The van der Waals surface area contributed by atoms with Crippen molar-refractivity contribution in [2.45, 2.75) is 20.3 Å². The Kier molecular flexibility index (Phi) is 3.14. The van der Waals surface area contributed by atoms with Crippen LogP contribution in [0.25, 0.3) is 6.08 Å². The minimum absolute atomic E-state index is 0.179. The zero-order valence-corrected chi connectivity index (χ0v) is 10.4. The molecule has 0 unspecified atom stereocenters. The normalized spacial score (nSPS) is 18.1. The first kappa shape index (κ1) is 11.6. The van der Waals surface area contributed by atoms with Gasteiger partial charge in [0.15, 0.2) is 5.78 Å². The van der Waals surface area contributed by atoms with Gasteiger partial charge in [-0.15, -0.1) is 0 Å². The number of benzene rings is 1. The summed E-state index contributed by atoms with van der Waals surface area (Å²) >= 11 is 0. The van der Waals surface area contributed by atoms with E-state index in [0.29, 0.717) is 0 Å². The van der Waals surface area contributed by atoms with E-state index in [1.165, 1.54) is 5.57 Å². The number of ether oxygens (including phenoxy) is 1. The molecule has 1 aromatic carbocycles. The van der Waals surface area contributed by atoms with Crippen LogP contribution in [0.15, 0.2) is 41.0 Å². The van der Waals surface area contributed by atoms with Gasteiger partial charge in [-0.3, -0.25) is 4.79 Å². The van der Waals surface area contributed by atoms with Crippen molar-refractivity contribution in [2.24, 2.45) is 0 Å². The molecule has 0 aromatic heterocycles. The van der Waals surface area contributed by atoms with E-state index >= 15 is 0 Å². The Morgan fingerprint density at radius 2 is 1.82 bits per heavy atom. The Morgan fingerprint density at radius 1 is 1.18 bits per heavy atom. The topological polar surface area (TPSA) is 26.3 Å². The largest absolute Gasteiger partial charge is 0.497 e. The molecule has 1 aromatic rings. The van der Waals surface area contributed by atoms with Gasteiger partial charge in [0.2, 0.25) is 0 Å². The Bertz CT molecular complexity index is 504. The lowest BCUT2D eigenvalue weighted by molar-refractivity contribution is -0.111. The third-order valence-corrected chi connectivity index (χ3v) is 3.18. The molecule has 0 saturated heterocycles. The van der Waals surface area contributed by atoms with Crippen LogP contribution in [0.1, 0.15) is 25.8 Å². The SMILES string of the molecule is COc1ccc(/C=C2\CC(C)=C(C)C2=O)cc1. The summed E-state index contributed by atoms with van der Waals surface area (Å²) in [6.07, 6.45) is 2.73. The molecule has 0 heterocycles. The first-order chi connectivity index (χ1) is 8.11. The number of carbonyl (C=O) groups excluding carboxylic acids is 1. The molecular formula is C15H16O2. The fraction of sp³-hybridized carbons (Fsp3) is 0.267. The first-order valence-electron chi connectivity index (χ1n) is 5.67. The Morgan fingerprint density at radius 3 is 2.29 bits per heavy atom. The van der Waals surface area contributed by atoms with E-state index in [1.807, 2.05) is 44.2 Å². The van der Waals surface area contributed by atoms with Crippen LogP contribution in [0.5, 0.6) is 5.75 Å². The monoisotopic (exact) mass is 228 g/mol. The molecular weight excluding hydrogens is 212 g/mol. The number of carbonyl (C=O) groups is 1. The van der Waals surface area contributed by atoms with Gasteiger partial charge in [0.05, 0.1) is 7.11 Å². The molecule has 0 bridgehead atoms. The molecule has 2 rings (SSSR count). The van der Waals surface area contributed by atoms with Crippen molar-refractivity contribution in [3.63, 3.8) is 0 Å². The standard InChI is InChI=1S/C15H16O2/c1-10-8-13(15(16)11(10)2)9-12-4-6-14(17-3)7-5-12/h4-7,9H,8H2,1-3H3/b13-9+. The van der Waals surface area contributed by atoms with E-state index in [9.17, 15) is 4.79 Å². The summed E-state index contributed by atoms with van der Waals surface area (Å²) in [6, 6.07) is 7.72. The van der Waals surface area contributed by atoms with Crippen molar-refractivity contribution in [1.29, 1.82) is 0 Å². The van der Waals surface area contributed by atoms with Gasteiger partial charge >= 0.3 is 0 Å². The molecule has 1 aliphatic rings. The third kappa shape index (κ3) is 2.31. The second-order valence-electron chi connectivity index (χ2n) is 4.35. The zero-order valence-electron chi connectivity index (χ0n) is 10.4. The fourth-order valence-corrected chi connectivity index (χ4v) is 1.95. The summed E-state index contributed by atoms with van der Waals surface area (Å²) in [7, 11) is 1.64. The number of rotatable bonds is 2. The van der Waals surface area contributed by atoms with E-state index in [2.05, 4.69) is 0 Å². The number of Topliss-reactive ketones (excluding diaryl/α,β-unsaturated/α-hetero) is 1. The molecule has 0 saturated carbocycles. The summed E-state index contributed by atoms with van der Waals surface area (Å²) in [5.41, 5.74) is 3.99. The molecule has 0 radical (unpaired) electrons. The lowest BCUT2D eigenvalue weighted by Gasteiger charge is -2.01. The summed E-state index contributed by atoms with van der Waals surface area (Å²) in [6.45, 7) is 3.91. The molecule has 0 atom stereocenters. The second-order valence-corrected chi connectivity index (χ2v) is 4.35. The van der Waals surface area contributed by atoms with Gasteiger partial charge < -0.3 is 4.74 Å². The third-order valence-electron chi connectivity index (χ3n) is 3.18. The number of methoxy groups -OCH3 is 1. The molecule has 2 heteroatoms. The molecule has 0 aliphatic heterocycles. The van der Waals surface area contributed by atoms with Gasteiger partial charge in [0.25, 0.3) is 0 Å². The summed E-state index contributed by atoms with van der Waals surface area (Å²) < 4.78 is 5.10. The predicted octanol–water partition coefficient (Wildman–Crippen LogP) is 3.39. The van der Waals surface area contributed by atoms with Gasteiger partial charge in [-0.25, -0.2) is 0 Å². The predicted molar refractivity (Wildman–Crippen MR) is 69.0 cm³/mol. The Hall–Kier alpha value is -1.83. The Balaban J connectivity index is 2.24. The minimum Gasteiger partial charge on any atom is -0.497 e. The number of hydrogen-bond donors (Lipinski definition) is 0. The lowest BCUT2D eigenvalue weighted by Crippen LogP contribution is -1.95. The van der Waals surface area contributed by atoms with Crippen molar-refractivity contribution >= 4 is 11.9 Å². The van der Waals surface area contributed by atoms with Gasteiger partial charge in [-0.05, 0) is 49.6 Å². The van der Waals surface area contributed by atoms with Crippen molar-refractivity contribution in [3.8, 4) is 5.75 Å². The van der Waals surface area contributed by atoms with E-state index in [-0.39, 0.29) is 5.78 Å². The zero-order chi connectivity index (χ0) is 12.4. The molecule has 2 nitrogen and oxygen atoms in total. The van der Waals surface area contributed by atoms with Gasteiger partial charge in [-0.2, -0.15) is 0 Å². The van der Waals surface area contributed by atoms with Crippen LogP contribution in [-0.4, -0.2) is 12.9 Å². The van der Waals surface area contributed by atoms with Crippen molar-refractivity contribution < 1.29 is 9.53 Å². The van der Waals surface area contributed by atoms with E-state index in [4.69, 9.17) is 4.74 Å².